The number of rotatable bonds is 4. The standard InChI is InChI=1S/C7H14NO2Si/c1-7(2,5-8-6-9)10-11(3)4/h5H2,1-4H3. The van der Waals surface area contributed by atoms with Crippen LogP contribution in [0.1, 0.15) is 13.8 Å². The summed E-state index contributed by atoms with van der Waals surface area (Å²) >= 11 is 0. The molecule has 3 nitrogen and oxygen atoms in total. The summed E-state index contributed by atoms with van der Waals surface area (Å²) in [5.74, 6) is 0. The van der Waals surface area contributed by atoms with Crippen LogP contribution < -0.4 is 0 Å². The van der Waals surface area contributed by atoms with Crippen molar-refractivity contribution in [3.63, 3.8) is 0 Å². The molecule has 0 bridgehead atoms. The Balaban J connectivity index is 3.88. The number of hydrogen-bond donors (Lipinski definition) is 0. The molecule has 0 rings (SSSR count). The SMILES string of the molecule is C[Si](C)OC(C)(C)CN=C=O. The van der Waals surface area contributed by atoms with Gasteiger partial charge in [0.2, 0.25) is 15.1 Å². The van der Waals surface area contributed by atoms with Crippen molar-refractivity contribution in [1.29, 1.82) is 0 Å². The minimum absolute atomic E-state index is 0.310. The predicted octanol–water partition coefficient (Wildman–Crippen LogP) is 1.37. The Kier molecular flexibility index (Phi) is 4.26. The molecule has 11 heavy (non-hydrogen) atoms. The zero-order valence-electron chi connectivity index (χ0n) is 7.47. The van der Waals surface area contributed by atoms with Gasteiger partial charge < -0.3 is 4.43 Å². The van der Waals surface area contributed by atoms with Gasteiger partial charge in [-0.2, -0.15) is 0 Å². The van der Waals surface area contributed by atoms with Crippen molar-refractivity contribution < 1.29 is 9.22 Å². The summed E-state index contributed by atoms with van der Waals surface area (Å²) in [5.41, 5.74) is -0.310. The van der Waals surface area contributed by atoms with Crippen LogP contribution in [-0.4, -0.2) is 27.3 Å². The second-order valence-electron chi connectivity index (χ2n) is 3.18. The van der Waals surface area contributed by atoms with E-state index in [4.69, 9.17) is 4.43 Å². The fourth-order valence-electron chi connectivity index (χ4n) is 0.808. The van der Waals surface area contributed by atoms with Gasteiger partial charge in [-0.3, -0.25) is 0 Å². The molecule has 0 heterocycles. The highest BCUT2D eigenvalue weighted by atomic mass is 28.3. The van der Waals surface area contributed by atoms with E-state index in [0.29, 0.717) is 6.54 Å². The molecule has 0 aromatic carbocycles. The molecule has 0 aliphatic heterocycles. The maximum atomic E-state index is 9.80. The Morgan fingerprint density at radius 3 is 2.45 bits per heavy atom. The molecule has 0 aliphatic carbocycles. The molecule has 0 aromatic heterocycles. The highest BCUT2D eigenvalue weighted by Gasteiger charge is 2.19. The van der Waals surface area contributed by atoms with E-state index in [1.54, 1.807) is 0 Å². The second kappa shape index (κ2) is 4.44. The predicted molar refractivity (Wildman–Crippen MR) is 45.6 cm³/mol. The average Bonchev–Trinajstić information content (AvgIpc) is 1.81. The third-order valence-corrected chi connectivity index (χ3v) is 1.97. The lowest BCUT2D eigenvalue weighted by molar-refractivity contribution is 0.120. The van der Waals surface area contributed by atoms with Crippen LogP contribution >= 0.6 is 0 Å². The number of aliphatic imine (C=N–C) groups is 1. The molecule has 0 fully saturated rings. The first kappa shape index (κ1) is 10.6. The Morgan fingerprint density at radius 1 is 1.55 bits per heavy atom. The minimum atomic E-state index is -0.711. The summed E-state index contributed by atoms with van der Waals surface area (Å²) in [6.07, 6.45) is 1.50. The van der Waals surface area contributed by atoms with Gasteiger partial charge in [-0.1, -0.05) is 0 Å². The molecule has 0 amide bonds. The van der Waals surface area contributed by atoms with Crippen molar-refractivity contribution in [3.05, 3.63) is 0 Å². The first-order valence-corrected chi connectivity index (χ1v) is 5.91. The van der Waals surface area contributed by atoms with Crippen molar-refractivity contribution >= 4 is 15.1 Å². The van der Waals surface area contributed by atoms with E-state index in [-0.39, 0.29) is 5.60 Å². The van der Waals surface area contributed by atoms with Gasteiger partial charge in [0.05, 0.1) is 12.1 Å². The van der Waals surface area contributed by atoms with Crippen LogP contribution in [-0.2, 0) is 9.22 Å². The monoisotopic (exact) mass is 172 g/mol. The summed E-state index contributed by atoms with van der Waals surface area (Å²) in [6.45, 7) is 8.34. The molecule has 0 N–H and O–H groups in total. The maximum Gasteiger partial charge on any atom is 0.235 e. The van der Waals surface area contributed by atoms with Gasteiger partial charge in [0.1, 0.15) is 0 Å². The molecule has 63 valence electrons. The van der Waals surface area contributed by atoms with E-state index < -0.39 is 9.04 Å². The molecule has 0 saturated carbocycles. The summed E-state index contributed by atoms with van der Waals surface area (Å²) in [4.78, 5) is 13.3. The summed E-state index contributed by atoms with van der Waals surface area (Å²) < 4.78 is 5.57. The normalized spacial score (nSPS) is 11.4. The fourth-order valence-corrected chi connectivity index (χ4v) is 1.98. The number of isocyanates is 1. The van der Waals surface area contributed by atoms with Crippen LogP contribution in [0.3, 0.4) is 0 Å². The Bertz CT molecular complexity index is 162. The number of nitrogens with zero attached hydrogens (tertiary/aromatic N) is 1. The van der Waals surface area contributed by atoms with Crippen LogP contribution in [0.4, 0.5) is 0 Å². The van der Waals surface area contributed by atoms with Crippen LogP contribution in [0.5, 0.6) is 0 Å². The van der Waals surface area contributed by atoms with Gasteiger partial charge in [0, 0.05) is 0 Å². The lowest BCUT2D eigenvalue weighted by atomic mass is 10.1. The Morgan fingerprint density at radius 2 is 2.09 bits per heavy atom. The highest BCUT2D eigenvalue weighted by molar-refractivity contribution is 6.48. The molecule has 0 spiro atoms. The van der Waals surface area contributed by atoms with Gasteiger partial charge in [-0.15, -0.1) is 0 Å². The summed E-state index contributed by atoms with van der Waals surface area (Å²) in [5, 5.41) is 0. The Hall–Kier alpha value is -0.443. The van der Waals surface area contributed by atoms with Crippen molar-refractivity contribution in [2.24, 2.45) is 4.99 Å². The molecule has 0 atom stereocenters. The maximum absolute atomic E-state index is 9.80. The van der Waals surface area contributed by atoms with Crippen molar-refractivity contribution in [2.75, 3.05) is 6.54 Å². The van der Waals surface area contributed by atoms with Crippen LogP contribution in [0.25, 0.3) is 0 Å². The number of carbonyl (C=O) groups excluding carboxylic acids is 1. The van der Waals surface area contributed by atoms with E-state index in [2.05, 4.69) is 18.1 Å². The van der Waals surface area contributed by atoms with Crippen molar-refractivity contribution in [2.45, 2.75) is 32.5 Å². The first-order valence-electron chi connectivity index (χ1n) is 3.51. The van der Waals surface area contributed by atoms with E-state index in [1.807, 2.05) is 13.8 Å². The topological polar surface area (TPSA) is 38.7 Å². The van der Waals surface area contributed by atoms with Gasteiger partial charge in [-0.25, -0.2) is 9.79 Å². The summed E-state index contributed by atoms with van der Waals surface area (Å²) in [6, 6.07) is 0. The van der Waals surface area contributed by atoms with Crippen molar-refractivity contribution in [1.82, 2.24) is 0 Å². The van der Waals surface area contributed by atoms with Gasteiger partial charge in [-0.05, 0) is 26.9 Å². The molecular formula is C7H14NO2Si. The van der Waals surface area contributed by atoms with E-state index >= 15 is 0 Å². The smallest absolute Gasteiger partial charge is 0.235 e. The third kappa shape index (κ3) is 5.98. The van der Waals surface area contributed by atoms with Crippen molar-refractivity contribution in [3.8, 4) is 0 Å². The van der Waals surface area contributed by atoms with Crippen LogP contribution in [0.15, 0.2) is 4.99 Å². The van der Waals surface area contributed by atoms with E-state index in [1.165, 1.54) is 6.08 Å². The molecule has 0 saturated heterocycles. The molecule has 1 radical (unpaired) electrons. The van der Waals surface area contributed by atoms with Crippen LogP contribution in [0.2, 0.25) is 13.1 Å². The third-order valence-electron chi connectivity index (χ3n) is 1.00. The molecule has 0 unspecified atom stereocenters. The molecule has 4 heteroatoms. The van der Waals surface area contributed by atoms with Gasteiger partial charge >= 0.3 is 0 Å². The zero-order valence-corrected chi connectivity index (χ0v) is 8.47. The van der Waals surface area contributed by atoms with E-state index in [9.17, 15) is 4.79 Å². The van der Waals surface area contributed by atoms with Crippen LogP contribution in [0, 0.1) is 0 Å². The molecule has 0 aliphatic rings. The zero-order chi connectivity index (χ0) is 8.91. The largest absolute Gasteiger partial charge is 0.410 e. The lowest BCUT2D eigenvalue weighted by Gasteiger charge is -2.24. The van der Waals surface area contributed by atoms with E-state index in [0.717, 1.165) is 0 Å². The molecular weight excluding hydrogens is 158 g/mol. The Labute approximate surface area is 69.2 Å². The molecule has 0 aromatic rings. The number of hydrogen-bond acceptors (Lipinski definition) is 3. The summed E-state index contributed by atoms with van der Waals surface area (Å²) in [7, 11) is -0.711. The lowest BCUT2D eigenvalue weighted by Crippen LogP contribution is -2.33. The second-order valence-corrected chi connectivity index (χ2v) is 5.20. The first-order chi connectivity index (χ1) is 4.98. The highest BCUT2D eigenvalue weighted by Crippen LogP contribution is 2.10. The average molecular weight is 172 g/mol. The quantitative estimate of drug-likeness (QED) is 0.365. The fraction of sp³-hybridized carbons (Fsp3) is 0.857. The van der Waals surface area contributed by atoms with Gasteiger partial charge in [0.15, 0.2) is 0 Å². The van der Waals surface area contributed by atoms with Gasteiger partial charge in [0.25, 0.3) is 0 Å². The minimum Gasteiger partial charge on any atom is -0.410 e.